The van der Waals surface area contributed by atoms with Crippen LogP contribution in [0, 0.1) is 49.4 Å². The standard InChI is InChI=1S/C46H59N9O6.Eu/c1-6-31-32(7-2)38-25-40-34(14-11-21-57)29(4)43(54-40)27-51-41-23-30(61-22-12-16-44(58)55-36(45(59)60-5)15-10-19-49-46(47)48)17-18-35(41)50-26-42-28(3)33(13-8-9-20-56)39(53-42)24-37(31)52-38;/h17-18,23-27,36H,6-16,19-22H2,1-5H3,(H6,47,48,49,50,51,52,53,54,55,58);/q-2;+3/p-1. The predicted molar refractivity (Wildman–Crippen MR) is 235 cm³/mol. The largest absolute Gasteiger partial charge is 3.00 e. The molecule has 4 heterocycles. The molecule has 1 atom stereocenters. The number of guanidine groups is 1. The van der Waals surface area contributed by atoms with Crippen LogP contribution in [0.3, 0.4) is 0 Å². The van der Waals surface area contributed by atoms with Crippen LogP contribution in [0.1, 0.15) is 119 Å². The molecule has 2 aliphatic rings. The summed E-state index contributed by atoms with van der Waals surface area (Å²) in [7, 11) is 1.27. The Labute approximate surface area is 404 Å². The third-order valence-electron chi connectivity index (χ3n) is 10.8. The van der Waals surface area contributed by atoms with Gasteiger partial charge >= 0.3 is 55.3 Å². The third kappa shape index (κ3) is 13.3. The Morgan fingerprint density at radius 2 is 1.40 bits per heavy atom. The molecule has 1 aromatic carbocycles. The first-order chi connectivity index (χ1) is 29.5. The van der Waals surface area contributed by atoms with Gasteiger partial charge in [0.25, 0.3) is 0 Å². The number of fused-ring (bicyclic) bond motifs is 7. The van der Waals surface area contributed by atoms with E-state index < -0.39 is 12.0 Å². The number of methoxy groups -OCH3 is 1. The molecular formula is C46H58EuN9O6. The van der Waals surface area contributed by atoms with Crippen LogP contribution in [0.2, 0.25) is 0 Å². The van der Waals surface area contributed by atoms with Crippen LogP contribution >= 0.6 is 0 Å². The summed E-state index contributed by atoms with van der Waals surface area (Å²) in [5.74, 6) is -0.371. The van der Waals surface area contributed by atoms with E-state index >= 15 is 0 Å². The second-order valence-electron chi connectivity index (χ2n) is 15.0. The Bertz CT molecular complexity index is 2350. The van der Waals surface area contributed by atoms with Crippen molar-refractivity contribution in [2.45, 2.75) is 104 Å². The molecule has 5 rings (SSSR count). The van der Waals surface area contributed by atoms with Crippen LogP contribution in [0.4, 0.5) is 0 Å². The van der Waals surface area contributed by atoms with Gasteiger partial charge in [0, 0.05) is 19.0 Å². The van der Waals surface area contributed by atoms with Crippen LogP contribution < -0.4 is 36.7 Å². The molecule has 2 aliphatic heterocycles. The van der Waals surface area contributed by atoms with Crippen molar-refractivity contribution in [2.24, 2.45) is 16.5 Å². The number of carbonyl (C=O) groups excluding carboxylic acids is 2. The molecule has 1 amide bonds. The molecular weight excluding hydrogens is 927 g/mol. The predicted octanol–water partition coefficient (Wildman–Crippen LogP) is 4.50. The normalized spacial score (nSPS) is 12.7. The van der Waals surface area contributed by atoms with Crippen LogP contribution in [-0.2, 0) is 27.2 Å². The van der Waals surface area contributed by atoms with E-state index in [0.29, 0.717) is 74.0 Å². The van der Waals surface area contributed by atoms with Crippen molar-refractivity contribution in [1.82, 2.24) is 30.2 Å². The zero-order valence-electron chi connectivity index (χ0n) is 36.4. The second kappa shape index (κ2) is 25.1. The summed E-state index contributed by atoms with van der Waals surface area (Å²) in [6.07, 6.45) is 9.44. The van der Waals surface area contributed by atoms with Crippen LogP contribution in [0.25, 0.3) is 44.4 Å². The van der Waals surface area contributed by atoms with E-state index in [9.17, 15) is 19.8 Å². The zero-order valence-corrected chi connectivity index (χ0v) is 38.8. The van der Waals surface area contributed by atoms with Gasteiger partial charge in [-0.1, -0.05) is 56.4 Å². The van der Waals surface area contributed by atoms with Crippen molar-refractivity contribution in [3.8, 4) is 5.75 Å². The average Bonchev–Trinajstić information content (AvgIpc) is 3.85. The molecule has 6 bridgehead atoms. The number of unbranched alkanes of at least 4 members (excludes halogenated alkanes) is 1. The number of esters is 1. The molecule has 0 saturated heterocycles. The Hall–Kier alpha value is -4.35. The number of ether oxygens (including phenoxy) is 2. The summed E-state index contributed by atoms with van der Waals surface area (Å²) in [5.41, 5.74) is 22.9. The number of nitrogens with zero attached hydrogens (tertiary/aromatic N) is 6. The van der Waals surface area contributed by atoms with Gasteiger partial charge < -0.3 is 41.5 Å². The summed E-state index contributed by atoms with van der Waals surface area (Å²) >= 11 is 0. The fraction of sp³-hybridized carbons (Fsp3) is 0.457. The number of amides is 1. The number of rotatable bonds is 20. The van der Waals surface area contributed by atoms with Gasteiger partial charge in [0.05, 0.1) is 59.9 Å². The van der Waals surface area contributed by atoms with E-state index in [0.717, 1.165) is 80.8 Å². The first-order valence-corrected chi connectivity index (χ1v) is 21.2. The third-order valence-corrected chi connectivity index (χ3v) is 10.8. The molecule has 5 N–H and O–H groups in total. The van der Waals surface area contributed by atoms with Crippen molar-refractivity contribution in [2.75, 3.05) is 33.5 Å². The fourth-order valence-electron chi connectivity index (χ4n) is 7.54. The minimum absolute atomic E-state index is 0. The zero-order chi connectivity index (χ0) is 43.9. The maximum Gasteiger partial charge on any atom is 3.00 e. The van der Waals surface area contributed by atoms with Gasteiger partial charge in [0.1, 0.15) is 11.8 Å². The fourth-order valence-corrected chi connectivity index (χ4v) is 7.54. The number of hydrogen-bond donors (Lipinski definition) is 3. The molecule has 15 nitrogen and oxygen atoms in total. The topological polar surface area (TPSA) is 241 Å². The first-order valence-electron chi connectivity index (χ1n) is 21.2. The van der Waals surface area contributed by atoms with Gasteiger partial charge in [-0.05, 0) is 93.2 Å². The Balaban J connectivity index is 0.00000845. The average molecular weight is 985 g/mol. The Kier molecular flexibility index (Phi) is 20.3. The van der Waals surface area contributed by atoms with E-state index in [1.165, 1.54) is 7.11 Å². The van der Waals surface area contributed by atoms with Crippen molar-refractivity contribution in [3.05, 3.63) is 76.6 Å². The summed E-state index contributed by atoms with van der Waals surface area (Å²) in [4.78, 5) is 54.1. The van der Waals surface area contributed by atoms with Crippen molar-refractivity contribution in [3.63, 3.8) is 0 Å². The van der Waals surface area contributed by atoms with Gasteiger partial charge in [0.2, 0.25) is 5.91 Å². The number of aliphatic imine (C=N–C) groups is 1. The molecule has 3 aromatic rings. The van der Waals surface area contributed by atoms with Crippen molar-refractivity contribution in [1.29, 1.82) is 0 Å². The summed E-state index contributed by atoms with van der Waals surface area (Å²) < 4.78 is 11.0. The second-order valence-corrected chi connectivity index (χ2v) is 15.0. The number of hydrogen-bond acceptors (Lipinski definition) is 11. The molecule has 1 unspecified atom stereocenters. The number of benzene rings is 1. The molecule has 0 radical (unpaired) electrons. The molecule has 0 fully saturated rings. The number of carbonyl (C=O) groups is 2. The molecule has 330 valence electrons. The van der Waals surface area contributed by atoms with Gasteiger partial charge in [0.15, 0.2) is 5.96 Å². The number of aryl methyl sites for hydroxylation is 2. The minimum atomic E-state index is -0.819. The number of allylic oxidation sites excluding steroid dienone is 4. The van der Waals surface area contributed by atoms with Crippen LogP contribution in [0.15, 0.2) is 47.7 Å². The minimum Gasteiger partial charge on any atom is -0.854 e. The van der Waals surface area contributed by atoms with E-state index in [4.69, 9.17) is 45.9 Å². The monoisotopic (exact) mass is 985 g/mol. The van der Waals surface area contributed by atoms with Gasteiger partial charge in [-0.15, -0.1) is 24.2 Å². The number of nitrogens with two attached hydrogens (primary N) is 2. The molecule has 0 saturated carbocycles. The molecule has 0 aliphatic carbocycles. The van der Waals surface area contributed by atoms with E-state index in [-0.39, 0.29) is 87.5 Å². The molecule has 2 aromatic heterocycles. The summed E-state index contributed by atoms with van der Waals surface area (Å²) in [6.45, 7) is 8.54. The summed E-state index contributed by atoms with van der Waals surface area (Å²) in [5, 5.41) is 25.8. The molecule has 0 spiro atoms. The van der Waals surface area contributed by atoms with E-state index in [1.807, 2.05) is 26.0 Å². The van der Waals surface area contributed by atoms with E-state index in [2.05, 4.69) is 30.2 Å². The molecule has 62 heavy (non-hydrogen) atoms. The maximum atomic E-state index is 12.8. The SMILES string of the molecule is CCc1c(CC)c2cc3nc(cnc4ccc(OCCCC(=O)NC(CCCN=C(N)N)C(=O)OC)cc4ncc4nc(cc1[n-]2)C(CCC[O-])=C4C)C(C)=C3CCCC[O-].[Eu+3]. The number of nitrogens with one attached hydrogen (secondary N) is 1. The van der Waals surface area contributed by atoms with E-state index in [1.54, 1.807) is 24.5 Å². The first kappa shape index (κ1) is 50.3. The number of aromatic nitrogens is 5. The van der Waals surface area contributed by atoms with Crippen LogP contribution in [0.5, 0.6) is 5.75 Å². The molecule has 16 heteroatoms. The quantitative estimate of drug-likeness (QED) is 0.0613. The Morgan fingerprint density at radius 1 is 0.806 bits per heavy atom. The van der Waals surface area contributed by atoms with Gasteiger partial charge in [-0.2, -0.15) is 0 Å². The van der Waals surface area contributed by atoms with Crippen LogP contribution in [-0.4, -0.2) is 77.3 Å². The van der Waals surface area contributed by atoms with Gasteiger partial charge in [-0.3, -0.25) is 19.8 Å². The smallest absolute Gasteiger partial charge is 0.854 e. The van der Waals surface area contributed by atoms with Gasteiger partial charge in [-0.25, -0.2) is 14.8 Å². The van der Waals surface area contributed by atoms with Crippen molar-refractivity contribution < 1.29 is 78.7 Å². The van der Waals surface area contributed by atoms with Crippen molar-refractivity contribution >= 4 is 62.2 Å². The maximum absolute atomic E-state index is 12.8. The summed E-state index contributed by atoms with van der Waals surface area (Å²) in [6, 6.07) is 8.70. The Morgan fingerprint density at radius 3 is 1.97 bits per heavy atom.